The fraction of sp³-hybridized carbons (Fsp3) is 0.529. The molecule has 26 heavy (non-hydrogen) atoms. The molecule has 0 aliphatic rings. The summed E-state index contributed by atoms with van der Waals surface area (Å²) in [6.45, 7) is 6.48. The second-order valence-electron chi connectivity index (χ2n) is 6.89. The molecule has 0 fully saturated rings. The number of carbonyl (C=O) groups is 2. The fourth-order valence-electron chi connectivity index (χ4n) is 1.90. The minimum atomic E-state index is -2.34. The number of hydrogen-bond donors (Lipinski definition) is 1. The Labute approximate surface area is 147 Å². The van der Waals surface area contributed by atoms with Crippen LogP contribution in [0.2, 0.25) is 0 Å². The average Bonchev–Trinajstić information content (AvgIpc) is 2.54. The largest absolute Gasteiger partial charge is 0.420 e. The van der Waals surface area contributed by atoms with Crippen molar-refractivity contribution in [3.05, 3.63) is 29.1 Å². The van der Waals surface area contributed by atoms with E-state index < -0.39 is 47.2 Å². The molecular formula is C17H20F5NO3. The first-order valence-electron chi connectivity index (χ1n) is 7.93. The molecule has 1 rings (SSSR count). The molecule has 1 amide bonds. The Balaban J connectivity index is 2.50. The van der Waals surface area contributed by atoms with Gasteiger partial charge in [0, 0.05) is 19.4 Å². The van der Waals surface area contributed by atoms with Crippen LogP contribution in [0.3, 0.4) is 0 Å². The smallest absolute Gasteiger partial charge is 0.311 e. The highest BCUT2D eigenvalue weighted by Crippen LogP contribution is 2.29. The van der Waals surface area contributed by atoms with Crippen molar-refractivity contribution in [1.29, 1.82) is 0 Å². The fourth-order valence-corrected chi connectivity index (χ4v) is 1.90. The SMILES string of the molecule is CC(C)(C)CCNC(=O)CCCC(=O)Oc1c(F)c(F)c(F)c(F)c1F. The quantitative estimate of drug-likeness (QED) is 0.255. The molecule has 0 saturated carbocycles. The molecule has 0 atom stereocenters. The summed E-state index contributed by atoms with van der Waals surface area (Å²) < 4.78 is 69.9. The van der Waals surface area contributed by atoms with Crippen LogP contribution in [0, 0.1) is 34.5 Å². The van der Waals surface area contributed by atoms with Gasteiger partial charge in [-0.15, -0.1) is 0 Å². The molecule has 0 spiro atoms. The van der Waals surface area contributed by atoms with E-state index in [4.69, 9.17) is 0 Å². The van der Waals surface area contributed by atoms with Crippen molar-refractivity contribution in [2.24, 2.45) is 5.41 Å². The first kappa shape index (κ1) is 21.9. The standard InChI is InChI=1S/C17H20F5NO3/c1-17(2,3)7-8-23-9(24)5-4-6-10(25)26-16-14(21)12(19)11(18)13(20)15(16)22/h4-8H2,1-3H3,(H,23,24). The molecule has 9 heteroatoms. The Morgan fingerprint density at radius 3 is 1.88 bits per heavy atom. The number of ether oxygens (including phenoxy) is 1. The summed E-state index contributed by atoms with van der Waals surface area (Å²) >= 11 is 0. The van der Waals surface area contributed by atoms with Gasteiger partial charge < -0.3 is 10.1 Å². The Hall–Kier alpha value is -2.19. The van der Waals surface area contributed by atoms with E-state index in [0.717, 1.165) is 6.42 Å². The normalized spacial score (nSPS) is 11.4. The maximum Gasteiger partial charge on any atom is 0.311 e. The zero-order valence-electron chi connectivity index (χ0n) is 14.7. The van der Waals surface area contributed by atoms with Gasteiger partial charge in [-0.1, -0.05) is 20.8 Å². The molecule has 0 bridgehead atoms. The molecule has 146 valence electrons. The van der Waals surface area contributed by atoms with Gasteiger partial charge in [0.2, 0.25) is 40.7 Å². The van der Waals surface area contributed by atoms with Crippen LogP contribution in [0.15, 0.2) is 0 Å². The van der Waals surface area contributed by atoms with Crippen LogP contribution in [0.5, 0.6) is 5.75 Å². The van der Waals surface area contributed by atoms with Crippen LogP contribution in [-0.2, 0) is 9.59 Å². The number of nitrogens with one attached hydrogen (secondary N) is 1. The minimum absolute atomic E-state index is 0.00438. The van der Waals surface area contributed by atoms with Gasteiger partial charge in [-0.05, 0) is 18.3 Å². The van der Waals surface area contributed by atoms with Gasteiger partial charge in [-0.2, -0.15) is 8.78 Å². The van der Waals surface area contributed by atoms with Crippen molar-refractivity contribution < 1.29 is 36.3 Å². The second kappa shape index (κ2) is 8.95. The van der Waals surface area contributed by atoms with Gasteiger partial charge in [0.05, 0.1) is 0 Å². The van der Waals surface area contributed by atoms with Crippen molar-refractivity contribution in [1.82, 2.24) is 5.32 Å². The van der Waals surface area contributed by atoms with E-state index in [-0.39, 0.29) is 24.2 Å². The Kier molecular flexibility index (Phi) is 7.53. The molecule has 0 heterocycles. The lowest BCUT2D eigenvalue weighted by Gasteiger charge is -2.17. The third-order valence-electron chi connectivity index (χ3n) is 3.37. The maximum atomic E-state index is 13.4. The van der Waals surface area contributed by atoms with Crippen LogP contribution in [0.1, 0.15) is 46.5 Å². The lowest BCUT2D eigenvalue weighted by Crippen LogP contribution is -2.27. The minimum Gasteiger partial charge on any atom is -0.420 e. The molecule has 0 aliphatic carbocycles. The number of rotatable bonds is 7. The van der Waals surface area contributed by atoms with Crippen LogP contribution in [0.25, 0.3) is 0 Å². The van der Waals surface area contributed by atoms with Crippen LogP contribution >= 0.6 is 0 Å². The predicted molar refractivity (Wildman–Crippen MR) is 82.8 cm³/mol. The second-order valence-corrected chi connectivity index (χ2v) is 6.89. The summed E-state index contributed by atoms with van der Waals surface area (Å²) in [7, 11) is 0. The number of carbonyl (C=O) groups excluding carboxylic acids is 2. The van der Waals surface area contributed by atoms with Crippen molar-refractivity contribution in [3.8, 4) is 5.75 Å². The van der Waals surface area contributed by atoms with Gasteiger partial charge in [-0.25, -0.2) is 13.2 Å². The van der Waals surface area contributed by atoms with Crippen LogP contribution in [0.4, 0.5) is 22.0 Å². The van der Waals surface area contributed by atoms with Gasteiger partial charge in [0.1, 0.15) is 0 Å². The monoisotopic (exact) mass is 381 g/mol. The molecule has 1 aromatic carbocycles. The molecule has 0 unspecified atom stereocenters. The van der Waals surface area contributed by atoms with Crippen molar-refractivity contribution in [2.45, 2.75) is 46.5 Å². The van der Waals surface area contributed by atoms with Gasteiger partial charge >= 0.3 is 5.97 Å². The van der Waals surface area contributed by atoms with Crippen molar-refractivity contribution >= 4 is 11.9 Å². The third kappa shape index (κ3) is 6.27. The van der Waals surface area contributed by atoms with E-state index in [0.29, 0.717) is 6.54 Å². The molecule has 0 radical (unpaired) electrons. The summed E-state index contributed by atoms with van der Waals surface area (Å²) in [6.07, 6.45) is 0.277. The highest BCUT2D eigenvalue weighted by molar-refractivity contribution is 5.77. The van der Waals surface area contributed by atoms with E-state index in [1.807, 2.05) is 20.8 Å². The Morgan fingerprint density at radius 2 is 1.38 bits per heavy atom. The Bertz CT molecular complexity index is 657. The first-order valence-corrected chi connectivity index (χ1v) is 7.93. The molecule has 0 saturated heterocycles. The van der Waals surface area contributed by atoms with E-state index in [1.54, 1.807) is 0 Å². The third-order valence-corrected chi connectivity index (χ3v) is 3.37. The molecule has 1 N–H and O–H groups in total. The number of esters is 1. The summed E-state index contributed by atoms with van der Waals surface area (Å²) in [5.74, 6) is -14.4. The predicted octanol–water partition coefficient (Wildman–Crippen LogP) is 4.01. The topological polar surface area (TPSA) is 55.4 Å². The summed E-state index contributed by atoms with van der Waals surface area (Å²) in [4.78, 5) is 23.1. The van der Waals surface area contributed by atoms with E-state index >= 15 is 0 Å². The first-order chi connectivity index (χ1) is 11.9. The van der Waals surface area contributed by atoms with Crippen molar-refractivity contribution in [3.63, 3.8) is 0 Å². The van der Waals surface area contributed by atoms with Crippen LogP contribution in [-0.4, -0.2) is 18.4 Å². The summed E-state index contributed by atoms with van der Waals surface area (Å²) in [5.41, 5.74) is 0.0466. The lowest BCUT2D eigenvalue weighted by molar-refractivity contribution is -0.135. The zero-order valence-corrected chi connectivity index (χ0v) is 14.7. The number of benzene rings is 1. The number of halogens is 5. The van der Waals surface area contributed by atoms with Crippen LogP contribution < -0.4 is 10.1 Å². The maximum absolute atomic E-state index is 13.4. The van der Waals surface area contributed by atoms with E-state index in [1.165, 1.54) is 0 Å². The van der Waals surface area contributed by atoms with Gasteiger partial charge in [-0.3, -0.25) is 9.59 Å². The molecule has 0 aliphatic heterocycles. The van der Waals surface area contributed by atoms with Crippen molar-refractivity contribution in [2.75, 3.05) is 6.54 Å². The molecule has 1 aromatic rings. The molecule has 0 aromatic heterocycles. The van der Waals surface area contributed by atoms with E-state index in [9.17, 15) is 31.5 Å². The molecule has 4 nitrogen and oxygen atoms in total. The summed E-state index contributed by atoms with van der Waals surface area (Å²) in [5, 5.41) is 2.65. The highest BCUT2D eigenvalue weighted by Gasteiger charge is 2.28. The average molecular weight is 381 g/mol. The number of hydrogen-bond acceptors (Lipinski definition) is 3. The van der Waals surface area contributed by atoms with E-state index in [2.05, 4.69) is 10.1 Å². The zero-order chi connectivity index (χ0) is 20.1. The Morgan fingerprint density at radius 1 is 0.885 bits per heavy atom. The molecular weight excluding hydrogens is 361 g/mol. The number of amides is 1. The summed E-state index contributed by atoms with van der Waals surface area (Å²) in [6, 6.07) is 0. The van der Waals surface area contributed by atoms with Gasteiger partial charge in [0.15, 0.2) is 0 Å². The highest BCUT2D eigenvalue weighted by atomic mass is 19.2. The lowest BCUT2D eigenvalue weighted by atomic mass is 9.92. The van der Waals surface area contributed by atoms with Gasteiger partial charge in [0.25, 0.3) is 0 Å².